The Bertz CT molecular complexity index is 1080. The van der Waals surface area contributed by atoms with Crippen molar-refractivity contribution >= 4 is 18.3 Å². The number of aromatic hydroxyl groups is 1. The molecule has 3 N–H and O–H groups in total. The first-order valence-electron chi connectivity index (χ1n) is 9.07. The number of carboxylic acid groups (broad SMARTS) is 1. The number of nitrogens with one attached hydrogen (secondary N) is 1. The number of hydrogen-bond donors (Lipinski definition) is 3. The van der Waals surface area contributed by atoms with Crippen molar-refractivity contribution in [2.24, 2.45) is 0 Å². The Morgan fingerprint density at radius 2 is 1.94 bits per heavy atom. The van der Waals surface area contributed by atoms with Crippen molar-refractivity contribution in [3.63, 3.8) is 0 Å². The number of rotatable bonds is 3. The van der Waals surface area contributed by atoms with Crippen molar-refractivity contribution in [3.8, 4) is 5.75 Å². The van der Waals surface area contributed by atoms with E-state index in [9.17, 15) is 14.7 Å². The Balaban J connectivity index is 0.000000858. The van der Waals surface area contributed by atoms with Crippen LogP contribution < -0.4 is 0 Å². The van der Waals surface area contributed by atoms with Crippen LogP contribution >= 0.6 is 0 Å². The normalized spacial score (nSPS) is 14.6. The van der Waals surface area contributed by atoms with Crippen molar-refractivity contribution in [2.75, 3.05) is 13.7 Å². The third-order valence-corrected chi connectivity index (χ3v) is 4.66. The molecule has 1 atom stereocenters. The van der Waals surface area contributed by atoms with Gasteiger partial charge in [-0.1, -0.05) is 12.1 Å². The molecule has 1 aromatic carbocycles. The number of hydrogen-bond acceptors (Lipinski definition) is 8. The van der Waals surface area contributed by atoms with E-state index in [4.69, 9.17) is 9.90 Å². The molecule has 1 aliphatic heterocycles. The molecule has 160 valence electrons. The Hall–Kier alpha value is -4.28. The van der Waals surface area contributed by atoms with Crippen LogP contribution in [-0.2, 0) is 16.1 Å². The summed E-state index contributed by atoms with van der Waals surface area (Å²) < 4.78 is 4.59. The van der Waals surface area contributed by atoms with Gasteiger partial charge in [-0.2, -0.15) is 0 Å². The zero-order valence-electron chi connectivity index (χ0n) is 16.4. The average molecular weight is 425 g/mol. The van der Waals surface area contributed by atoms with E-state index in [0.29, 0.717) is 13.1 Å². The number of nitrogens with zero attached hydrogens (tertiary/aromatic N) is 4. The Morgan fingerprint density at radius 3 is 2.58 bits per heavy atom. The standard InChI is InChI=1S/C19H17N5O4.CH2O2/c1-28-19(27)15-7-20-14(6-21-15)18(26)24-8-13(11-3-2-4-12(25)5-11)17-16(9-24)22-10-23-17;2-1-3/h2-7,10,13,25H,8-9H2,1H3,(H,22,23);1H,(H,2,3). The smallest absolute Gasteiger partial charge is 0.358 e. The zero-order chi connectivity index (χ0) is 22.4. The Labute approximate surface area is 176 Å². The molecule has 0 bridgehead atoms. The molecule has 1 amide bonds. The molecule has 0 fully saturated rings. The third kappa shape index (κ3) is 4.66. The van der Waals surface area contributed by atoms with Crippen LogP contribution in [0.1, 0.15) is 43.8 Å². The largest absolute Gasteiger partial charge is 0.508 e. The molecule has 11 nitrogen and oxygen atoms in total. The maximum Gasteiger partial charge on any atom is 0.358 e. The molecule has 0 spiro atoms. The van der Waals surface area contributed by atoms with Gasteiger partial charge >= 0.3 is 5.97 Å². The summed E-state index contributed by atoms with van der Waals surface area (Å²) in [5.74, 6) is -0.958. The van der Waals surface area contributed by atoms with E-state index in [1.165, 1.54) is 19.5 Å². The average Bonchev–Trinajstić information content (AvgIpc) is 3.27. The quantitative estimate of drug-likeness (QED) is 0.414. The lowest BCUT2D eigenvalue weighted by Crippen LogP contribution is -2.39. The molecular weight excluding hydrogens is 406 g/mol. The second-order valence-corrected chi connectivity index (χ2v) is 6.48. The second kappa shape index (κ2) is 9.48. The van der Waals surface area contributed by atoms with Crippen molar-refractivity contribution in [2.45, 2.75) is 12.5 Å². The number of phenolic OH excluding ortho intramolecular Hbond substituents is 1. The number of H-pyrrole nitrogens is 1. The molecule has 0 radical (unpaired) electrons. The van der Waals surface area contributed by atoms with Gasteiger partial charge in [0.25, 0.3) is 12.4 Å². The summed E-state index contributed by atoms with van der Waals surface area (Å²) in [6.45, 7) is 0.477. The van der Waals surface area contributed by atoms with Crippen molar-refractivity contribution in [1.82, 2.24) is 24.8 Å². The van der Waals surface area contributed by atoms with Gasteiger partial charge in [-0.25, -0.2) is 19.7 Å². The molecule has 0 saturated heterocycles. The first-order chi connectivity index (χ1) is 15.0. The molecule has 0 saturated carbocycles. The van der Waals surface area contributed by atoms with Crippen molar-refractivity contribution in [3.05, 3.63) is 71.3 Å². The highest BCUT2D eigenvalue weighted by atomic mass is 16.5. The van der Waals surface area contributed by atoms with Crippen LogP contribution in [0.25, 0.3) is 0 Å². The minimum Gasteiger partial charge on any atom is -0.508 e. The number of carbonyl (C=O) groups is 3. The van der Waals surface area contributed by atoms with E-state index < -0.39 is 5.97 Å². The lowest BCUT2D eigenvalue weighted by Gasteiger charge is -2.32. The number of methoxy groups -OCH3 is 1. The predicted octanol–water partition coefficient (Wildman–Crippen LogP) is 1.18. The number of amides is 1. The molecule has 0 aliphatic carbocycles. The van der Waals surface area contributed by atoms with Crippen LogP contribution in [0.2, 0.25) is 0 Å². The van der Waals surface area contributed by atoms with Crippen LogP contribution in [0.3, 0.4) is 0 Å². The summed E-state index contributed by atoms with van der Waals surface area (Å²) in [6.07, 6.45) is 4.08. The maximum absolute atomic E-state index is 12.9. The van der Waals surface area contributed by atoms with Gasteiger partial charge in [0.2, 0.25) is 0 Å². The summed E-state index contributed by atoms with van der Waals surface area (Å²) in [5, 5.41) is 16.7. The fourth-order valence-corrected chi connectivity index (χ4v) is 3.29. The second-order valence-electron chi connectivity index (χ2n) is 6.48. The van der Waals surface area contributed by atoms with Crippen LogP contribution in [0.15, 0.2) is 43.0 Å². The van der Waals surface area contributed by atoms with E-state index >= 15 is 0 Å². The van der Waals surface area contributed by atoms with Gasteiger partial charge in [-0.05, 0) is 17.7 Å². The van der Waals surface area contributed by atoms with E-state index in [2.05, 4.69) is 24.7 Å². The highest BCUT2D eigenvalue weighted by Gasteiger charge is 2.32. The summed E-state index contributed by atoms with van der Waals surface area (Å²) in [6, 6.07) is 6.91. The topological polar surface area (TPSA) is 159 Å². The summed E-state index contributed by atoms with van der Waals surface area (Å²) in [7, 11) is 1.25. The van der Waals surface area contributed by atoms with Crippen LogP contribution in [0.4, 0.5) is 0 Å². The fourth-order valence-electron chi connectivity index (χ4n) is 3.29. The Morgan fingerprint density at radius 1 is 1.23 bits per heavy atom. The lowest BCUT2D eigenvalue weighted by atomic mass is 9.90. The molecule has 11 heteroatoms. The molecule has 4 rings (SSSR count). The number of benzene rings is 1. The molecular formula is C20H19N5O6. The van der Waals surface area contributed by atoms with Gasteiger partial charge in [0, 0.05) is 12.5 Å². The van der Waals surface area contributed by atoms with Crippen molar-refractivity contribution < 1.29 is 29.3 Å². The lowest BCUT2D eigenvalue weighted by molar-refractivity contribution is -0.122. The van der Waals surface area contributed by atoms with Gasteiger partial charge in [0.1, 0.15) is 11.4 Å². The number of esters is 1. The minimum absolute atomic E-state index is 0.0335. The molecule has 31 heavy (non-hydrogen) atoms. The van der Waals surface area contributed by atoms with Crippen LogP contribution in [-0.4, -0.2) is 67.1 Å². The molecule has 1 unspecified atom stereocenters. The first kappa shape index (κ1) is 21.4. The van der Waals surface area contributed by atoms with Crippen LogP contribution in [0.5, 0.6) is 5.75 Å². The van der Waals surface area contributed by atoms with Gasteiger partial charge < -0.3 is 24.8 Å². The molecule has 3 heterocycles. The zero-order valence-corrected chi connectivity index (χ0v) is 16.4. The van der Waals surface area contributed by atoms with E-state index in [1.807, 2.05) is 6.07 Å². The minimum atomic E-state index is -0.615. The number of carbonyl (C=O) groups excluding carboxylic acids is 2. The van der Waals surface area contributed by atoms with E-state index in [1.54, 1.807) is 29.4 Å². The summed E-state index contributed by atoms with van der Waals surface area (Å²) in [5.41, 5.74) is 2.70. The van der Waals surface area contributed by atoms with Gasteiger partial charge in [0.05, 0.1) is 43.8 Å². The van der Waals surface area contributed by atoms with Crippen LogP contribution in [0, 0.1) is 0 Å². The van der Waals surface area contributed by atoms with Gasteiger partial charge in [0.15, 0.2) is 5.69 Å². The third-order valence-electron chi connectivity index (χ3n) is 4.66. The summed E-state index contributed by atoms with van der Waals surface area (Å²) in [4.78, 5) is 49.9. The number of imidazole rings is 1. The van der Waals surface area contributed by atoms with E-state index in [-0.39, 0.29) is 35.4 Å². The SMILES string of the molecule is COC(=O)c1cnc(C(=O)N2Cc3[nH]cnc3C(c3cccc(O)c3)C2)cn1.O=CO. The number of ether oxygens (including phenoxy) is 1. The molecule has 2 aromatic heterocycles. The van der Waals surface area contributed by atoms with E-state index in [0.717, 1.165) is 17.0 Å². The van der Waals surface area contributed by atoms with Crippen molar-refractivity contribution in [1.29, 1.82) is 0 Å². The monoisotopic (exact) mass is 425 g/mol. The fraction of sp³-hybridized carbons (Fsp3) is 0.200. The van der Waals surface area contributed by atoms with Gasteiger partial charge in [-0.15, -0.1) is 0 Å². The Kier molecular flexibility index (Phi) is 6.55. The first-order valence-corrected chi connectivity index (χ1v) is 9.07. The van der Waals surface area contributed by atoms with Gasteiger partial charge in [-0.3, -0.25) is 9.59 Å². The number of fused-ring (bicyclic) bond motifs is 1. The number of aromatic amines is 1. The highest BCUT2D eigenvalue weighted by Crippen LogP contribution is 2.33. The molecule has 1 aliphatic rings. The molecule has 3 aromatic rings. The number of phenols is 1. The summed E-state index contributed by atoms with van der Waals surface area (Å²) >= 11 is 0. The number of aromatic nitrogens is 4. The highest BCUT2D eigenvalue weighted by molar-refractivity contribution is 5.93. The maximum atomic E-state index is 12.9. The predicted molar refractivity (Wildman–Crippen MR) is 105 cm³/mol.